The molecule has 138 valence electrons. The lowest BCUT2D eigenvalue weighted by Gasteiger charge is -2.15. The lowest BCUT2D eigenvalue weighted by molar-refractivity contribution is -0.128. The summed E-state index contributed by atoms with van der Waals surface area (Å²) in [7, 11) is 0. The van der Waals surface area contributed by atoms with Gasteiger partial charge in [0.25, 0.3) is 5.89 Å². The molecule has 6 heteroatoms. The predicted octanol–water partition coefficient (Wildman–Crippen LogP) is 3.65. The molecule has 4 rings (SSSR count). The summed E-state index contributed by atoms with van der Waals surface area (Å²) in [4.78, 5) is 18.8. The molecular formula is C21H21N3O3. The van der Waals surface area contributed by atoms with Crippen LogP contribution in [0.25, 0.3) is 11.5 Å². The lowest BCUT2D eigenvalue weighted by atomic mass is 10.1. The quantitative estimate of drug-likeness (QED) is 0.669. The van der Waals surface area contributed by atoms with Crippen LogP contribution in [0.3, 0.4) is 0 Å². The van der Waals surface area contributed by atoms with Gasteiger partial charge in [0.05, 0.1) is 12.2 Å². The maximum absolute atomic E-state index is 12.4. The average Bonchev–Trinajstić information content (AvgIpc) is 3.31. The average molecular weight is 363 g/mol. The Kier molecular flexibility index (Phi) is 4.87. The van der Waals surface area contributed by atoms with E-state index in [1.807, 2.05) is 66.4 Å². The standard InChI is InChI=1S/C21H21N3O3/c1-2-26-18-11-7-6-10-17(18)21-22-20(23-27-21)16-12-19(25)24(14-16)13-15-8-4-3-5-9-15/h3-11,16H,2,12-14H2,1H3. The fraction of sp³-hybridized carbons (Fsp3) is 0.286. The molecule has 1 unspecified atom stereocenters. The SMILES string of the molecule is CCOc1ccccc1-c1nc(C2CC(=O)N(Cc3ccccc3)C2)no1. The molecule has 0 radical (unpaired) electrons. The highest BCUT2D eigenvalue weighted by atomic mass is 16.5. The van der Waals surface area contributed by atoms with Crippen molar-refractivity contribution in [3.05, 3.63) is 66.0 Å². The number of hydrogen-bond donors (Lipinski definition) is 0. The molecule has 0 spiro atoms. The largest absolute Gasteiger partial charge is 0.493 e. The molecular weight excluding hydrogens is 342 g/mol. The van der Waals surface area contributed by atoms with E-state index >= 15 is 0 Å². The number of nitrogens with zero attached hydrogens (tertiary/aromatic N) is 3. The van der Waals surface area contributed by atoms with Gasteiger partial charge in [0.1, 0.15) is 5.75 Å². The number of rotatable bonds is 6. The first-order valence-electron chi connectivity index (χ1n) is 9.12. The molecule has 0 saturated carbocycles. The van der Waals surface area contributed by atoms with Crippen molar-refractivity contribution >= 4 is 5.91 Å². The summed E-state index contributed by atoms with van der Waals surface area (Å²) in [6, 6.07) is 17.6. The second kappa shape index (κ2) is 7.61. The first kappa shape index (κ1) is 17.3. The Balaban J connectivity index is 1.50. The Labute approximate surface area is 157 Å². The van der Waals surface area contributed by atoms with Gasteiger partial charge >= 0.3 is 0 Å². The van der Waals surface area contributed by atoms with Gasteiger partial charge in [-0.15, -0.1) is 0 Å². The fourth-order valence-corrected chi connectivity index (χ4v) is 3.34. The summed E-state index contributed by atoms with van der Waals surface area (Å²) in [6.07, 6.45) is 0.402. The van der Waals surface area contributed by atoms with Crippen molar-refractivity contribution in [3.63, 3.8) is 0 Å². The summed E-state index contributed by atoms with van der Waals surface area (Å²) in [5.74, 6) is 1.76. The highest BCUT2D eigenvalue weighted by Crippen LogP contribution is 2.32. The summed E-state index contributed by atoms with van der Waals surface area (Å²) >= 11 is 0. The molecule has 1 atom stereocenters. The van der Waals surface area contributed by atoms with E-state index in [0.29, 0.717) is 43.6 Å². The van der Waals surface area contributed by atoms with Gasteiger partial charge in [-0.1, -0.05) is 47.6 Å². The summed E-state index contributed by atoms with van der Waals surface area (Å²) in [5.41, 5.74) is 1.88. The first-order chi connectivity index (χ1) is 13.2. The zero-order valence-electron chi connectivity index (χ0n) is 15.2. The number of para-hydroxylation sites is 1. The number of benzene rings is 2. The molecule has 1 fully saturated rings. The summed E-state index contributed by atoms with van der Waals surface area (Å²) < 4.78 is 11.1. The van der Waals surface area contributed by atoms with Crippen LogP contribution in [0, 0.1) is 0 Å². The smallest absolute Gasteiger partial charge is 0.261 e. The van der Waals surface area contributed by atoms with Gasteiger partial charge in [-0.3, -0.25) is 4.79 Å². The minimum atomic E-state index is -0.0574. The van der Waals surface area contributed by atoms with Crippen LogP contribution in [0.4, 0.5) is 0 Å². The third-order valence-electron chi connectivity index (χ3n) is 4.65. The van der Waals surface area contributed by atoms with E-state index in [1.54, 1.807) is 0 Å². The molecule has 6 nitrogen and oxygen atoms in total. The van der Waals surface area contributed by atoms with Crippen molar-refractivity contribution < 1.29 is 14.1 Å². The van der Waals surface area contributed by atoms with Crippen molar-refractivity contribution in [2.75, 3.05) is 13.2 Å². The van der Waals surface area contributed by atoms with Crippen LogP contribution in [-0.2, 0) is 11.3 Å². The van der Waals surface area contributed by atoms with Crippen molar-refractivity contribution in [1.82, 2.24) is 15.0 Å². The van der Waals surface area contributed by atoms with Gasteiger partial charge in [-0.25, -0.2) is 0 Å². The maximum atomic E-state index is 12.4. The number of carbonyl (C=O) groups excluding carboxylic acids is 1. The summed E-state index contributed by atoms with van der Waals surface area (Å²) in [6.45, 7) is 3.69. The van der Waals surface area contributed by atoms with Gasteiger partial charge < -0.3 is 14.2 Å². The maximum Gasteiger partial charge on any atom is 0.261 e. The monoisotopic (exact) mass is 363 g/mol. The lowest BCUT2D eigenvalue weighted by Crippen LogP contribution is -2.24. The Bertz CT molecular complexity index is 923. The van der Waals surface area contributed by atoms with E-state index in [9.17, 15) is 4.79 Å². The molecule has 1 amide bonds. The molecule has 0 N–H and O–H groups in total. The molecule has 27 heavy (non-hydrogen) atoms. The number of likely N-dealkylation sites (tertiary alicyclic amines) is 1. The highest BCUT2D eigenvalue weighted by molar-refractivity contribution is 5.79. The zero-order chi connectivity index (χ0) is 18.6. The van der Waals surface area contributed by atoms with E-state index in [-0.39, 0.29) is 11.8 Å². The van der Waals surface area contributed by atoms with Gasteiger partial charge in [0, 0.05) is 25.4 Å². The fourth-order valence-electron chi connectivity index (χ4n) is 3.34. The van der Waals surface area contributed by atoms with Crippen LogP contribution in [0.2, 0.25) is 0 Å². The molecule has 0 bridgehead atoms. The number of carbonyl (C=O) groups is 1. The minimum absolute atomic E-state index is 0.0574. The third kappa shape index (κ3) is 3.69. The Hall–Kier alpha value is -3.15. The Morgan fingerprint density at radius 2 is 1.93 bits per heavy atom. The number of ether oxygens (including phenoxy) is 1. The third-order valence-corrected chi connectivity index (χ3v) is 4.65. The van der Waals surface area contributed by atoms with Crippen molar-refractivity contribution in [2.45, 2.75) is 25.8 Å². The van der Waals surface area contributed by atoms with E-state index < -0.39 is 0 Å². The van der Waals surface area contributed by atoms with Gasteiger partial charge in [-0.2, -0.15) is 4.98 Å². The van der Waals surface area contributed by atoms with E-state index in [4.69, 9.17) is 9.26 Å². The van der Waals surface area contributed by atoms with Gasteiger partial charge in [0.2, 0.25) is 5.91 Å². The van der Waals surface area contributed by atoms with E-state index in [2.05, 4.69) is 10.1 Å². The second-order valence-corrected chi connectivity index (χ2v) is 6.55. The molecule has 1 saturated heterocycles. The number of amides is 1. The Morgan fingerprint density at radius 1 is 1.15 bits per heavy atom. The second-order valence-electron chi connectivity index (χ2n) is 6.55. The van der Waals surface area contributed by atoms with Gasteiger partial charge in [-0.05, 0) is 24.6 Å². The molecule has 1 aliphatic heterocycles. The van der Waals surface area contributed by atoms with Crippen LogP contribution in [0.5, 0.6) is 5.75 Å². The van der Waals surface area contributed by atoms with Crippen LogP contribution < -0.4 is 4.74 Å². The van der Waals surface area contributed by atoms with Crippen molar-refractivity contribution in [1.29, 1.82) is 0 Å². The van der Waals surface area contributed by atoms with E-state index in [1.165, 1.54) is 0 Å². The molecule has 2 aromatic carbocycles. The first-order valence-corrected chi connectivity index (χ1v) is 9.12. The molecule has 0 aliphatic carbocycles. The van der Waals surface area contributed by atoms with E-state index in [0.717, 1.165) is 11.1 Å². The zero-order valence-corrected chi connectivity index (χ0v) is 15.2. The minimum Gasteiger partial charge on any atom is -0.493 e. The summed E-state index contributed by atoms with van der Waals surface area (Å²) in [5, 5.41) is 4.13. The number of hydrogen-bond acceptors (Lipinski definition) is 5. The van der Waals surface area contributed by atoms with Crippen molar-refractivity contribution in [3.8, 4) is 17.2 Å². The number of aromatic nitrogens is 2. The topological polar surface area (TPSA) is 68.5 Å². The molecule has 3 aromatic rings. The molecule has 1 aliphatic rings. The van der Waals surface area contributed by atoms with Crippen LogP contribution >= 0.6 is 0 Å². The van der Waals surface area contributed by atoms with Crippen molar-refractivity contribution in [2.24, 2.45) is 0 Å². The van der Waals surface area contributed by atoms with Crippen LogP contribution in [0.1, 0.15) is 30.7 Å². The highest BCUT2D eigenvalue weighted by Gasteiger charge is 2.33. The molecule has 1 aromatic heterocycles. The van der Waals surface area contributed by atoms with Gasteiger partial charge in [0.15, 0.2) is 5.82 Å². The molecule has 2 heterocycles. The van der Waals surface area contributed by atoms with Crippen LogP contribution in [-0.4, -0.2) is 34.1 Å². The Morgan fingerprint density at radius 3 is 2.74 bits per heavy atom. The predicted molar refractivity (Wildman–Crippen MR) is 100 cm³/mol. The normalized spacial score (nSPS) is 16.7. The van der Waals surface area contributed by atoms with Crippen LogP contribution in [0.15, 0.2) is 59.1 Å².